The number of aliphatic hydroxyl groups is 1. The average molecular weight is 300 g/mol. The minimum absolute atomic E-state index is 0.189. The highest BCUT2D eigenvalue weighted by Crippen LogP contribution is 2.34. The first-order valence-corrected chi connectivity index (χ1v) is 6.82. The zero-order valence-electron chi connectivity index (χ0n) is 10.3. The van der Waals surface area contributed by atoms with Crippen LogP contribution in [-0.2, 0) is 6.54 Å². The van der Waals surface area contributed by atoms with Crippen LogP contribution in [0.25, 0.3) is 11.3 Å². The molecule has 2 aromatic rings. The van der Waals surface area contributed by atoms with E-state index in [-0.39, 0.29) is 6.61 Å². The van der Waals surface area contributed by atoms with Crippen LogP contribution in [0.3, 0.4) is 0 Å². The highest BCUT2D eigenvalue weighted by atomic mass is 35.5. The Morgan fingerprint density at radius 2 is 2.00 bits per heavy atom. The largest absolute Gasteiger partial charge is 0.460 e. The van der Waals surface area contributed by atoms with E-state index >= 15 is 0 Å². The van der Waals surface area contributed by atoms with E-state index in [9.17, 15) is 0 Å². The summed E-state index contributed by atoms with van der Waals surface area (Å²) in [5, 5.41) is 12.9. The average Bonchev–Trinajstić information content (AvgIpc) is 2.87. The predicted octanol–water partition coefficient (Wildman–Crippen LogP) is 3.73. The van der Waals surface area contributed by atoms with Crippen LogP contribution in [0.5, 0.6) is 0 Å². The van der Waals surface area contributed by atoms with Gasteiger partial charge in [-0.25, -0.2) is 0 Å². The van der Waals surface area contributed by atoms with Gasteiger partial charge in [-0.15, -0.1) is 0 Å². The van der Waals surface area contributed by atoms with E-state index in [1.54, 1.807) is 6.07 Å². The molecule has 0 atom stereocenters. The van der Waals surface area contributed by atoms with E-state index < -0.39 is 0 Å². The summed E-state index contributed by atoms with van der Waals surface area (Å²) in [5.41, 5.74) is 0.788. The Hall–Kier alpha value is -1.000. The first kappa shape index (κ1) is 14.4. The molecule has 0 unspecified atom stereocenters. The molecular weight excluding hydrogens is 285 g/mol. The minimum atomic E-state index is 0.189. The van der Waals surface area contributed by atoms with Crippen LogP contribution in [0.2, 0.25) is 10.0 Å². The van der Waals surface area contributed by atoms with E-state index in [0.717, 1.165) is 24.3 Å². The van der Waals surface area contributed by atoms with Gasteiger partial charge in [-0.1, -0.05) is 29.3 Å². The topological polar surface area (TPSA) is 45.4 Å². The predicted molar refractivity (Wildman–Crippen MR) is 77.6 cm³/mol. The highest BCUT2D eigenvalue weighted by molar-refractivity contribution is 6.43. The number of furan rings is 1. The van der Waals surface area contributed by atoms with Crippen molar-refractivity contribution in [3.8, 4) is 11.3 Å². The van der Waals surface area contributed by atoms with Gasteiger partial charge >= 0.3 is 0 Å². The minimum Gasteiger partial charge on any atom is -0.460 e. The lowest BCUT2D eigenvalue weighted by molar-refractivity contribution is 0.285. The second-order valence-corrected chi connectivity index (χ2v) is 4.91. The lowest BCUT2D eigenvalue weighted by Gasteiger charge is -2.03. The molecule has 5 heteroatoms. The van der Waals surface area contributed by atoms with Crippen LogP contribution in [0, 0.1) is 0 Å². The number of nitrogens with one attached hydrogen (secondary N) is 1. The summed E-state index contributed by atoms with van der Waals surface area (Å²) < 4.78 is 5.72. The molecule has 2 rings (SSSR count). The molecule has 3 nitrogen and oxygen atoms in total. The molecule has 102 valence electrons. The molecule has 0 amide bonds. The zero-order valence-corrected chi connectivity index (χ0v) is 11.8. The molecule has 0 saturated heterocycles. The van der Waals surface area contributed by atoms with E-state index in [1.165, 1.54) is 0 Å². The van der Waals surface area contributed by atoms with Crippen LogP contribution in [0.15, 0.2) is 34.7 Å². The van der Waals surface area contributed by atoms with Crippen molar-refractivity contribution in [3.05, 3.63) is 46.1 Å². The van der Waals surface area contributed by atoms with Crippen LogP contribution < -0.4 is 5.32 Å². The number of aliphatic hydroxyl groups excluding tert-OH is 1. The summed E-state index contributed by atoms with van der Waals surface area (Å²) in [6, 6.07) is 9.23. The van der Waals surface area contributed by atoms with Crippen molar-refractivity contribution in [1.29, 1.82) is 0 Å². The molecule has 0 spiro atoms. The molecule has 0 radical (unpaired) electrons. The number of benzene rings is 1. The quantitative estimate of drug-likeness (QED) is 0.799. The Morgan fingerprint density at radius 1 is 1.16 bits per heavy atom. The molecule has 1 aromatic carbocycles. The van der Waals surface area contributed by atoms with Gasteiger partial charge < -0.3 is 14.8 Å². The Kier molecular flexibility index (Phi) is 5.28. The van der Waals surface area contributed by atoms with Crippen molar-refractivity contribution in [2.45, 2.75) is 13.0 Å². The van der Waals surface area contributed by atoms with Gasteiger partial charge in [-0.2, -0.15) is 0 Å². The van der Waals surface area contributed by atoms with Crippen LogP contribution >= 0.6 is 23.2 Å². The highest BCUT2D eigenvalue weighted by Gasteiger charge is 2.10. The smallest absolute Gasteiger partial charge is 0.135 e. The number of halogens is 2. The summed E-state index contributed by atoms with van der Waals surface area (Å²) in [6.07, 6.45) is 0.730. The van der Waals surface area contributed by atoms with E-state index in [0.29, 0.717) is 22.4 Å². The van der Waals surface area contributed by atoms with Crippen LogP contribution in [0.1, 0.15) is 12.2 Å². The zero-order chi connectivity index (χ0) is 13.7. The third-order valence-electron chi connectivity index (χ3n) is 2.69. The lowest BCUT2D eigenvalue weighted by Crippen LogP contribution is -2.15. The van der Waals surface area contributed by atoms with Gasteiger partial charge in [-0.3, -0.25) is 0 Å². The van der Waals surface area contributed by atoms with Crippen molar-refractivity contribution in [2.24, 2.45) is 0 Å². The maximum atomic E-state index is 8.68. The second-order valence-electron chi connectivity index (χ2n) is 4.12. The van der Waals surface area contributed by atoms with Gasteiger partial charge in [-0.05, 0) is 37.2 Å². The molecule has 0 fully saturated rings. The number of hydrogen-bond donors (Lipinski definition) is 2. The molecule has 0 aliphatic carbocycles. The third kappa shape index (κ3) is 3.74. The Morgan fingerprint density at radius 3 is 2.79 bits per heavy atom. The summed E-state index contributed by atoms with van der Waals surface area (Å²) >= 11 is 12.1. The molecule has 1 aromatic heterocycles. The Bertz CT molecular complexity index is 540. The lowest BCUT2D eigenvalue weighted by atomic mass is 10.2. The van der Waals surface area contributed by atoms with E-state index in [2.05, 4.69) is 5.32 Å². The van der Waals surface area contributed by atoms with Crippen LogP contribution in [-0.4, -0.2) is 18.3 Å². The summed E-state index contributed by atoms with van der Waals surface area (Å²) in [4.78, 5) is 0. The molecule has 0 aliphatic rings. The fraction of sp³-hybridized carbons (Fsp3) is 0.286. The first-order chi connectivity index (χ1) is 9.22. The third-order valence-corrected chi connectivity index (χ3v) is 3.51. The molecule has 19 heavy (non-hydrogen) atoms. The standard InChI is InChI=1S/C14H15Cl2NO2/c15-12-4-1-3-11(14(12)16)13-6-5-10(19-13)9-17-7-2-8-18/h1,3-6,17-18H,2,7-9H2. The summed E-state index contributed by atoms with van der Waals surface area (Å²) in [6.45, 7) is 1.57. The molecular formula is C14H15Cl2NO2. The Labute approximate surface area is 122 Å². The van der Waals surface area contributed by atoms with Gasteiger partial charge in [0, 0.05) is 12.2 Å². The fourth-order valence-electron chi connectivity index (χ4n) is 1.73. The normalized spacial score (nSPS) is 10.9. The van der Waals surface area contributed by atoms with Gasteiger partial charge in [0.15, 0.2) is 0 Å². The van der Waals surface area contributed by atoms with Gasteiger partial charge in [0.1, 0.15) is 11.5 Å². The van der Waals surface area contributed by atoms with E-state index in [4.69, 9.17) is 32.7 Å². The molecule has 1 heterocycles. The summed E-state index contributed by atoms with van der Waals surface area (Å²) in [7, 11) is 0. The molecule has 0 bridgehead atoms. The van der Waals surface area contributed by atoms with Crippen molar-refractivity contribution in [1.82, 2.24) is 5.32 Å². The van der Waals surface area contributed by atoms with E-state index in [1.807, 2.05) is 24.3 Å². The van der Waals surface area contributed by atoms with Gasteiger partial charge in [0.2, 0.25) is 0 Å². The molecule has 2 N–H and O–H groups in total. The second kappa shape index (κ2) is 6.96. The van der Waals surface area contributed by atoms with Crippen LogP contribution in [0.4, 0.5) is 0 Å². The van der Waals surface area contributed by atoms with Crippen molar-refractivity contribution in [3.63, 3.8) is 0 Å². The number of rotatable bonds is 6. The van der Waals surface area contributed by atoms with Crippen molar-refractivity contribution in [2.75, 3.05) is 13.2 Å². The SMILES string of the molecule is OCCCNCc1ccc(-c2cccc(Cl)c2Cl)o1. The Balaban J connectivity index is 2.06. The maximum absolute atomic E-state index is 8.68. The fourth-order valence-corrected chi connectivity index (χ4v) is 2.12. The summed E-state index contributed by atoms with van der Waals surface area (Å²) in [5.74, 6) is 1.52. The first-order valence-electron chi connectivity index (χ1n) is 6.07. The molecule has 0 aliphatic heterocycles. The maximum Gasteiger partial charge on any atom is 0.135 e. The van der Waals surface area contributed by atoms with Gasteiger partial charge in [0.25, 0.3) is 0 Å². The van der Waals surface area contributed by atoms with Gasteiger partial charge in [0.05, 0.1) is 16.6 Å². The van der Waals surface area contributed by atoms with Crippen molar-refractivity contribution < 1.29 is 9.52 Å². The molecule has 0 saturated carbocycles. The van der Waals surface area contributed by atoms with Crippen molar-refractivity contribution >= 4 is 23.2 Å². The number of hydrogen-bond acceptors (Lipinski definition) is 3. The monoisotopic (exact) mass is 299 g/mol.